The normalized spacial score (nSPS) is 13.3. The van der Waals surface area contributed by atoms with Crippen LogP contribution in [0, 0.1) is 5.92 Å². The summed E-state index contributed by atoms with van der Waals surface area (Å²) in [5, 5.41) is 0. The molecule has 0 radical (unpaired) electrons. The van der Waals surface area contributed by atoms with E-state index in [-0.39, 0.29) is 24.5 Å². The van der Waals surface area contributed by atoms with Crippen molar-refractivity contribution in [1.82, 2.24) is 0 Å². The van der Waals surface area contributed by atoms with E-state index in [0.717, 1.165) is 44.9 Å². The molecule has 0 amide bonds. The largest absolute Gasteiger partial charge is 0.746 e. The van der Waals surface area contributed by atoms with E-state index >= 15 is 0 Å². The predicted molar refractivity (Wildman–Crippen MR) is 198 cm³/mol. The number of hydrogen-bond acceptors (Lipinski definition) is 7. The van der Waals surface area contributed by atoms with Gasteiger partial charge in [0, 0.05) is 25.2 Å². The molecule has 0 heterocycles. The molecular weight excluding hydrogens is 623 g/mol. The van der Waals surface area contributed by atoms with Crippen LogP contribution in [0.2, 0.25) is 0 Å². The van der Waals surface area contributed by atoms with Gasteiger partial charge in [-0.05, 0) is 12.8 Å². The van der Waals surface area contributed by atoms with Gasteiger partial charge in [-0.1, -0.05) is 194 Å². The van der Waals surface area contributed by atoms with Crippen molar-refractivity contribution < 1.29 is 32.9 Å². The highest BCUT2D eigenvalue weighted by Gasteiger charge is 2.24. The lowest BCUT2D eigenvalue weighted by atomic mass is 9.92. The lowest BCUT2D eigenvalue weighted by Crippen LogP contribution is -2.24. The van der Waals surface area contributed by atoms with Crippen LogP contribution in [0.3, 0.4) is 0 Å². The summed E-state index contributed by atoms with van der Waals surface area (Å²) in [6, 6.07) is 0. The van der Waals surface area contributed by atoms with Crippen molar-refractivity contribution in [2.24, 2.45) is 5.92 Å². The second kappa shape index (κ2) is 35.8. The Morgan fingerprint density at radius 2 is 0.854 bits per heavy atom. The van der Waals surface area contributed by atoms with Gasteiger partial charge in [0.05, 0.1) is 6.61 Å². The number of Topliss-reactive ketones (excluding diaryl/α,β-unsaturated/α-hetero) is 2. The minimum absolute atomic E-state index is 0.0305. The first-order valence-corrected chi connectivity index (χ1v) is 21.9. The summed E-state index contributed by atoms with van der Waals surface area (Å²) in [6.07, 6.45) is 38.1. The van der Waals surface area contributed by atoms with Crippen molar-refractivity contribution in [3.05, 3.63) is 0 Å². The molecule has 48 heavy (non-hydrogen) atoms. The Hall–Kier alpha value is -1.04. The SMILES string of the molecule is CCCCCCCCCCCCCCCCCC(=O)CC(COP(=O)([O-])OC=O)C(=O)CCCCCCCCCCCCCCCCC. The first-order chi connectivity index (χ1) is 23.4. The molecule has 284 valence electrons. The van der Waals surface area contributed by atoms with Crippen LogP contribution in [0.4, 0.5) is 0 Å². The van der Waals surface area contributed by atoms with E-state index in [0.29, 0.717) is 12.8 Å². The van der Waals surface area contributed by atoms with Crippen LogP contribution >= 0.6 is 7.82 Å². The fourth-order valence-electron chi connectivity index (χ4n) is 6.48. The minimum Gasteiger partial charge on any atom is -0.746 e. The third-order valence-corrected chi connectivity index (χ3v) is 10.4. The van der Waals surface area contributed by atoms with Crippen molar-refractivity contribution in [2.45, 2.75) is 226 Å². The summed E-state index contributed by atoms with van der Waals surface area (Å²) in [5.41, 5.74) is 0. The molecule has 7 nitrogen and oxygen atoms in total. The van der Waals surface area contributed by atoms with Crippen LogP contribution in [-0.4, -0.2) is 24.6 Å². The highest BCUT2D eigenvalue weighted by Crippen LogP contribution is 2.38. The fourth-order valence-corrected chi connectivity index (χ4v) is 7.00. The van der Waals surface area contributed by atoms with Crippen molar-refractivity contribution >= 4 is 25.9 Å². The van der Waals surface area contributed by atoms with Crippen LogP contribution in [0.5, 0.6) is 0 Å². The van der Waals surface area contributed by atoms with Crippen LogP contribution in [0.1, 0.15) is 226 Å². The van der Waals surface area contributed by atoms with Gasteiger partial charge in [-0.25, -0.2) is 0 Å². The zero-order chi connectivity index (χ0) is 35.4. The molecule has 2 unspecified atom stereocenters. The third kappa shape index (κ3) is 33.5. The van der Waals surface area contributed by atoms with Crippen molar-refractivity contribution in [3.63, 3.8) is 0 Å². The molecule has 0 bridgehead atoms. The standard InChI is InChI=1S/C40H77O7P/c1-3-5-7-9-11-13-15-17-19-21-23-25-27-29-31-33-39(42)35-38(36-46-48(44,45)47-37-41)40(43)34-32-30-28-26-24-22-20-18-16-14-12-10-8-6-4-2/h37-38H,3-36H2,1-2H3,(H,44,45)/p-1. The molecule has 0 rings (SSSR count). The zero-order valence-corrected chi connectivity index (χ0v) is 32.4. The molecule has 0 N–H and O–H groups in total. The zero-order valence-electron chi connectivity index (χ0n) is 31.5. The van der Waals surface area contributed by atoms with Gasteiger partial charge in [-0.15, -0.1) is 0 Å². The number of phosphoric acid groups is 1. The molecule has 0 fully saturated rings. The average Bonchev–Trinajstić information content (AvgIpc) is 3.06. The van der Waals surface area contributed by atoms with E-state index in [1.54, 1.807) is 0 Å². The van der Waals surface area contributed by atoms with Crippen LogP contribution in [0.15, 0.2) is 0 Å². The van der Waals surface area contributed by atoms with Crippen LogP contribution < -0.4 is 4.89 Å². The number of carbonyl (C=O) groups is 3. The molecule has 0 aliphatic carbocycles. The summed E-state index contributed by atoms with van der Waals surface area (Å²) in [6.45, 7) is 3.84. The predicted octanol–water partition coefficient (Wildman–Crippen LogP) is 12.3. The molecule has 0 aliphatic heterocycles. The number of carbonyl (C=O) groups excluding carboxylic acids is 3. The van der Waals surface area contributed by atoms with Crippen molar-refractivity contribution in [1.29, 1.82) is 0 Å². The first kappa shape index (κ1) is 47.0. The monoisotopic (exact) mass is 700 g/mol. The second-order valence-corrected chi connectivity index (χ2v) is 15.6. The van der Waals surface area contributed by atoms with E-state index in [2.05, 4.69) is 18.4 Å². The molecule has 0 saturated carbocycles. The summed E-state index contributed by atoms with van der Waals surface area (Å²) < 4.78 is 20.5. The summed E-state index contributed by atoms with van der Waals surface area (Å²) in [5.74, 6) is -1.03. The Morgan fingerprint density at radius 3 is 1.19 bits per heavy atom. The van der Waals surface area contributed by atoms with Gasteiger partial charge in [0.1, 0.15) is 11.6 Å². The van der Waals surface area contributed by atoms with E-state index in [9.17, 15) is 23.8 Å². The van der Waals surface area contributed by atoms with E-state index in [1.807, 2.05) is 0 Å². The number of hydrogen-bond donors (Lipinski definition) is 0. The number of ketones is 2. The Bertz CT molecular complexity index is 788. The maximum absolute atomic E-state index is 13.0. The Morgan fingerprint density at radius 1 is 0.542 bits per heavy atom. The lowest BCUT2D eigenvalue weighted by Gasteiger charge is -2.23. The molecule has 0 aromatic rings. The molecule has 0 spiro atoms. The number of unbranched alkanes of at least 4 members (excludes halogenated alkanes) is 28. The van der Waals surface area contributed by atoms with Crippen molar-refractivity contribution in [3.8, 4) is 0 Å². The molecule has 8 heteroatoms. The Labute approximate surface area is 296 Å². The van der Waals surface area contributed by atoms with Gasteiger partial charge in [-0.2, -0.15) is 0 Å². The highest BCUT2D eigenvalue weighted by molar-refractivity contribution is 7.46. The smallest absolute Gasteiger partial charge is 0.321 e. The van der Waals surface area contributed by atoms with Crippen molar-refractivity contribution in [2.75, 3.05) is 6.61 Å². The molecule has 0 aliphatic rings. The molecule has 0 aromatic heterocycles. The summed E-state index contributed by atoms with van der Waals surface area (Å²) in [4.78, 5) is 47.9. The lowest BCUT2D eigenvalue weighted by molar-refractivity contribution is -0.223. The number of phosphoric ester groups is 1. The van der Waals surface area contributed by atoms with Gasteiger partial charge in [-0.3, -0.25) is 18.9 Å². The highest BCUT2D eigenvalue weighted by atomic mass is 31.2. The maximum atomic E-state index is 13.0. The Kier molecular flexibility index (Phi) is 35.0. The fraction of sp³-hybridized carbons (Fsp3) is 0.925. The van der Waals surface area contributed by atoms with E-state index < -0.39 is 20.3 Å². The third-order valence-electron chi connectivity index (χ3n) is 9.62. The van der Waals surface area contributed by atoms with Gasteiger partial charge < -0.3 is 13.9 Å². The summed E-state index contributed by atoms with van der Waals surface area (Å²) >= 11 is 0. The van der Waals surface area contributed by atoms with Crippen LogP contribution in [-0.2, 0) is 28.0 Å². The van der Waals surface area contributed by atoms with Crippen LogP contribution in [0.25, 0.3) is 0 Å². The first-order valence-electron chi connectivity index (χ1n) is 20.5. The van der Waals surface area contributed by atoms with E-state index in [4.69, 9.17) is 4.52 Å². The minimum atomic E-state index is -4.83. The average molecular weight is 700 g/mol. The van der Waals surface area contributed by atoms with Gasteiger partial charge in [0.25, 0.3) is 6.47 Å². The molecule has 0 saturated heterocycles. The second-order valence-electron chi connectivity index (χ2n) is 14.3. The van der Waals surface area contributed by atoms with E-state index in [1.165, 1.54) is 148 Å². The molecule has 0 aromatic carbocycles. The molecular formula is C40H76O7P-. The topological polar surface area (TPSA) is 110 Å². The summed E-state index contributed by atoms with van der Waals surface area (Å²) in [7, 11) is -4.83. The quantitative estimate of drug-likeness (QED) is 0.0355. The number of rotatable bonds is 40. The maximum Gasteiger partial charge on any atom is 0.321 e. The molecule has 2 atom stereocenters. The van der Waals surface area contributed by atoms with Gasteiger partial charge in [0.15, 0.2) is 0 Å². The van der Waals surface area contributed by atoms with Gasteiger partial charge in [0.2, 0.25) is 0 Å². The van der Waals surface area contributed by atoms with Gasteiger partial charge >= 0.3 is 7.82 Å². The Balaban J connectivity index is 4.09.